The molecule has 1 aromatic heterocycles. The highest BCUT2D eigenvalue weighted by molar-refractivity contribution is 8.01. The van der Waals surface area contributed by atoms with Crippen molar-refractivity contribution >= 4 is 56.7 Å². The zero-order chi connectivity index (χ0) is 23.5. The lowest BCUT2D eigenvalue weighted by atomic mass is 10.0. The van der Waals surface area contributed by atoms with Crippen LogP contribution in [0.25, 0.3) is 10.2 Å². The van der Waals surface area contributed by atoms with Crippen LogP contribution in [-0.4, -0.2) is 65.7 Å². The van der Waals surface area contributed by atoms with Gasteiger partial charge in [-0.2, -0.15) is 0 Å². The number of hydrogen-bond acceptors (Lipinski definition) is 7. The molecular formula is C24H24N4O4S2. The summed E-state index contributed by atoms with van der Waals surface area (Å²) in [6.45, 7) is 2.03. The summed E-state index contributed by atoms with van der Waals surface area (Å²) in [5.41, 5.74) is 2.15. The number of aromatic nitrogens is 1. The van der Waals surface area contributed by atoms with Crippen molar-refractivity contribution in [2.24, 2.45) is 0 Å². The minimum Gasteiger partial charge on any atom is -0.378 e. The number of ether oxygens (including phenoxy) is 1. The van der Waals surface area contributed by atoms with Crippen LogP contribution < -0.4 is 10.6 Å². The Morgan fingerprint density at radius 2 is 1.85 bits per heavy atom. The van der Waals surface area contributed by atoms with Gasteiger partial charge < -0.3 is 20.3 Å². The average molecular weight is 497 g/mol. The minimum absolute atomic E-state index is 0.0324. The molecule has 2 aliphatic rings. The van der Waals surface area contributed by atoms with Gasteiger partial charge in [-0.3, -0.25) is 14.4 Å². The normalized spacial score (nSPS) is 15.8. The molecule has 10 heteroatoms. The Hall–Kier alpha value is -2.95. The maximum atomic E-state index is 13.1. The van der Waals surface area contributed by atoms with Crippen molar-refractivity contribution in [1.82, 2.24) is 15.2 Å². The van der Waals surface area contributed by atoms with Crippen LogP contribution in [-0.2, 0) is 9.53 Å². The molecule has 0 spiro atoms. The van der Waals surface area contributed by atoms with E-state index in [9.17, 15) is 14.4 Å². The second kappa shape index (κ2) is 10.1. The summed E-state index contributed by atoms with van der Waals surface area (Å²) in [7, 11) is 0. The summed E-state index contributed by atoms with van der Waals surface area (Å²) in [4.78, 5) is 44.3. The van der Waals surface area contributed by atoms with Gasteiger partial charge in [0.25, 0.3) is 11.8 Å². The van der Waals surface area contributed by atoms with Gasteiger partial charge in [0.15, 0.2) is 4.34 Å². The van der Waals surface area contributed by atoms with Crippen LogP contribution in [0.4, 0.5) is 5.69 Å². The predicted molar refractivity (Wildman–Crippen MR) is 133 cm³/mol. The Morgan fingerprint density at radius 3 is 2.62 bits per heavy atom. The van der Waals surface area contributed by atoms with E-state index in [1.54, 1.807) is 35.2 Å². The number of fused-ring (bicyclic) bond motifs is 1. The predicted octanol–water partition coefficient (Wildman–Crippen LogP) is 3.39. The third-order valence-electron chi connectivity index (χ3n) is 5.60. The second-order valence-electron chi connectivity index (χ2n) is 8.20. The summed E-state index contributed by atoms with van der Waals surface area (Å²) in [6, 6.07) is 12.7. The maximum absolute atomic E-state index is 13.1. The maximum Gasteiger partial charge on any atom is 0.256 e. The Kier molecular flexibility index (Phi) is 6.80. The number of anilines is 1. The molecule has 2 fully saturated rings. The molecule has 1 saturated heterocycles. The number of rotatable bonds is 7. The molecule has 34 heavy (non-hydrogen) atoms. The minimum atomic E-state index is -0.340. The second-order valence-corrected chi connectivity index (χ2v) is 10.5. The van der Waals surface area contributed by atoms with E-state index in [2.05, 4.69) is 15.6 Å². The molecule has 2 heterocycles. The van der Waals surface area contributed by atoms with E-state index in [1.807, 2.05) is 12.1 Å². The third-order valence-corrected chi connectivity index (χ3v) is 7.76. The number of carbonyl (C=O) groups is 3. The van der Waals surface area contributed by atoms with Crippen LogP contribution in [0, 0.1) is 0 Å². The lowest BCUT2D eigenvalue weighted by Gasteiger charge is -2.27. The fourth-order valence-electron chi connectivity index (χ4n) is 3.67. The van der Waals surface area contributed by atoms with Crippen molar-refractivity contribution in [2.45, 2.75) is 23.2 Å². The molecule has 0 bridgehead atoms. The highest BCUT2D eigenvalue weighted by Gasteiger charge is 2.24. The number of thiazole rings is 1. The summed E-state index contributed by atoms with van der Waals surface area (Å²) >= 11 is 2.90. The van der Waals surface area contributed by atoms with Gasteiger partial charge in [-0.05, 0) is 43.2 Å². The number of carbonyl (C=O) groups excluding carboxylic acids is 3. The van der Waals surface area contributed by atoms with Gasteiger partial charge in [-0.15, -0.1) is 11.3 Å². The molecule has 0 radical (unpaired) electrons. The van der Waals surface area contributed by atoms with E-state index in [0.29, 0.717) is 54.9 Å². The zero-order valence-electron chi connectivity index (χ0n) is 18.4. The Morgan fingerprint density at radius 1 is 1.09 bits per heavy atom. The van der Waals surface area contributed by atoms with Gasteiger partial charge in [-0.1, -0.05) is 23.9 Å². The molecule has 1 saturated carbocycles. The van der Waals surface area contributed by atoms with E-state index in [0.717, 1.165) is 27.4 Å². The van der Waals surface area contributed by atoms with Crippen LogP contribution in [0.3, 0.4) is 0 Å². The first-order chi connectivity index (χ1) is 16.6. The topological polar surface area (TPSA) is 101 Å². The number of hydrogen-bond donors (Lipinski definition) is 2. The van der Waals surface area contributed by atoms with Crippen molar-refractivity contribution < 1.29 is 19.1 Å². The fraction of sp³-hybridized carbons (Fsp3) is 0.333. The molecule has 1 aliphatic heterocycles. The summed E-state index contributed by atoms with van der Waals surface area (Å²) < 4.78 is 7.05. The van der Waals surface area contributed by atoms with Crippen LogP contribution in [0.1, 0.15) is 33.6 Å². The van der Waals surface area contributed by atoms with Crippen molar-refractivity contribution in [1.29, 1.82) is 0 Å². The molecule has 0 unspecified atom stereocenters. The van der Waals surface area contributed by atoms with Gasteiger partial charge in [-0.25, -0.2) is 4.98 Å². The summed E-state index contributed by atoms with van der Waals surface area (Å²) in [5.74, 6) is -0.134. The first-order valence-electron chi connectivity index (χ1n) is 11.2. The molecule has 3 amide bonds. The third kappa shape index (κ3) is 5.40. The number of benzene rings is 2. The largest absolute Gasteiger partial charge is 0.378 e. The van der Waals surface area contributed by atoms with Gasteiger partial charge in [0.2, 0.25) is 5.91 Å². The summed E-state index contributed by atoms with van der Waals surface area (Å²) in [5, 5.41) is 5.88. The molecule has 1 aliphatic carbocycles. The number of nitrogens with one attached hydrogen (secondary N) is 2. The van der Waals surface area contributed by atoms with Gasteiger partial charge in [0, 0.05) is 24.8 Å². The molecule has 2 N–H and O–H groups in total. The quantitative estimate of drug-likeness (QED) is 0.487. The average Bonchev–Trinajstić information content (AvgIpc) is 3.58. The number of morpholine rings is 1. The van der Waals surface area contributed by atoms with Crippen molar-refractivity contribution in [3.8, 4) is 0 Å². The highest BCUT2D eigenvalue weighted by atomic mass is 32.2. The van der Waals surface area contributed by atoms with Crippen LogP contribution in [0.5, 0.6) is 0 Å². The molecule has 0 atom stereocenters. The lowest BCUT2D eigenvalue weighted by molar-refractivity contribution is -0.118. The zero-order valence-corrected chi connectivity index (χ0v) is 20.0. The molecule has 8 nitrogen and oxygen atoms in total. The number of nitrogens with zero attached hydrogens (tertiary/aromatic N) is 2. The Labute approximate surface area is 205 Å². The lowest BCUT2D eigenvalue weighted by Crippen LogP contribution is -2.41. The van der Waals surface area contributed by atoms with Crippen molar-refractivity contribution in [2.75, 3.05) is 37.4 Å². The van der Waals surface area contributed by atoms with E-state index in [1.165, 1.54) is 23.1 Å². The standard InChI is InChI=1S/C24H24N4O4S2/c29-21(25-15-5-6-15)14-33-24-27-19-8-7-16(13-20(19)34-24)26-22(30)17-3-1-2-4-18(17)23(31)28-9-11-32-12-10-28/h1-4,7-8,13,15H,5-6,9-12,14H2,(H,25,29)(H,26,30). The van der Waals surface area contributed by atoms with Gasteiger partial charge in [0.05, 0.1) is 40.3 Å². The summed E-state index contributed by atoms with van der Waals surface area (Å²) in [6.07, 6.45) is 2.13. The number of amides is 3. The molecule has 2 aromatic carbocycles. The van der Waals surface area contributed by atoms with Crippen molar-refractivity contribution in [3.63, 3.8) is 0 Å². The number of thioether (sulfide) groups is 1. The molecule has 3 aromatic rings. The van der Waals surface area contributed by atoms with Crippen LogP contribution in [0.15, 0.2) is 46.8 Å². The first-order valence-corrected chi connectivity index (χ1v) is 13.0. The van der Waals surface area contributed by atoms with Crippen LogP contribution >= 0.6 is 23.1 Å². The van der Waals surface area contributed by atoms with E-state index in [4.69, 9.17) is 4.74 Å². The Balaban J connectivity index is 1.27. The van der Waals surface area contributed by atoms with E-state index in [-0.39, 0.29) is 17.7 Å². The van der Waals surface area contributed by atoms with Crippen molar-refractivity contribution in [3.05, 3.63) is 53.6 Å². The SMILES string of the molecule is O=C(CSc1nc2ccc(NC(=O)c3ccccc3C(=O)N3CCOCC3)cc2s1)NC1CC1. The highest BCUT2D eigenvalue weighted by Crippen LogP contribution is 2.31. The molecule has 176 valence electrons. The monoisotopic (exact) mass is 496 g/mol. The first kappa shape index (κ1) is 22.8. The van der Waals surface area contributed by atoms with E-state index >= 15 is 0 Å². The van der Waals surface area contributed by atoms with E-state index < -0.39 is 0 Å². The Bertz CT molecular complexity index is 1230. The van der Waals surface area contributed by atoms with Gasteiger partial charge >= 0.3 is 0 Å². The fourth-order valence-corrected chi connectivity index (χ4v) is 5.59. The smallest absolute Gasteiger partial charge is 0.256 e. The molecular weight excluding hydrogens is 472 g/mol. The van der Waals surface area contributed by atoms with Gasteiger partial charge in [0.1, 0.15) is 0 Å². The van der Waals surface area contributed by atoms with Crippen LogP contribution in [0.2, 0.25) is 0 Å². The molecule has 5 rings (SSSR count).